The molecule has 17 heavy (non-hydrogen) atoms. The van der Waals surface area contributed by atoms with Crippen LogP contribution >= 0.6 is 11.3 Å². The lowest BCUT2D eigenvalue weighted by molar-refractivity contribution is 0.600. The van der Waals surface area contributed by atoms with E-state index in [0.29, 0.717) is 17.1 Å². The van der Waals surface area contributed by atoms with Crippen molar-refractivity contribution in [2.75, 3.05) is 11.8 Å². The molecule has 92 valence electrons. The molecule has 0 aliphatic heterocycles. The molecule has 2 aromatic rings. The van der Waals surface area contributed by atoms with E-state index >= 15 is 0 Å². The fourth-order valence-corrected chi connectivity index (χ4v) is 3.87. The van der Waals surface area contributed by atoms with E-state index < -0.39 is 10.0 Å². The first-order valence-electron chi connectivity index (χ1n) is 4.86. The molecule has 0 saturated heterocycles. The first-order chi connectivity index (χ1) is 8.13. The number of hydrogen-bond donors (Lipinski definition) is 3. The molecule has 0 atom stereocenters. The van der Waals surface area contributed by atoms with Crippen LogP contribution in [0.2, 0.25) is 0 Å². The Morgan fingerprint density at radius 2 is 2.35 bits per heavy atom. The van der Waals surface area contributed by atoms with Gasteiger partial charge in [-0.1, -0.05) is 0 Å². The van der Waals surface area contributed by atoms with Crippen molar-refractivity contribution >= 4 is 27.0 Å². The Morgan fingerprint density at radius 1 is 1.53 bits per heavy atom. The van der Waals surface area contributed by atoms with Crippen LogP contribution in [-0.2, 0) is 16.6 Å². The van der Waals surface area contributed by atoms with Crippen molar-refractivity contribution < 1.29 is 8.42 Å². The minimum absolute atomic E-state index is 0.304. The summed E-state index contributed by atoms with van der Waals surface area (Å²) in [6.07, 6.45) is 2.91. The topological polar surface area (TPSA) is 86.9 Å². The summed E-state index contributed by atoms with van der Waals surface area (Å²) in [4.78, 5) is 1.08. The van der Waals surface area contributed by atoms with E-state index in [9.17, 15) is 8.42 Å². The zero-order valence-corrected chi connectivity index (χ0v) is 10.7. The standard InChI is InChI=1S/C9H12N4O2S2/c1-10-6-8-9(2-3-16-8)17(14,15)13-7-4-11-12-5-7/h2-5,10,13H,6H2,1H3,(H,11,12). The van der Waals surface area contributed by atoms with Crippen molar-refractivity contribution in [3.63, 3.8) is 0 Å². The van der Waals surface area contributed by atoms with Crippen molar-refractivity contribution in [3.05, 3.63) is 28.7 Å². The number of thiophene rings is 1. The smallest absolute Gasteiger partial charge is 0.263 e. The second kappa shape index (κ2) is 4.86. The van der Waals surface area contributed by atoms with Crippen LogP contribution in [0, 0.1) is 0 Å². The predicted molar refractivity (Wildman–Crippen MR) is 66.5 cm³/mol. The van der Waals surface area contributed by atoms with Gasteiger partial charge in [-0.05, 0) is 18.5 Å². The number of anilines is 1. The number of H-pyrrole nitrogens is 1. The van der Waals surface area contributed by atoms with Crippen molar-refractivity contribution in [3.8, 4) is 0 Å². The lowest BCUT2D eigenvalue weighted by Gasteiger charge is -2.06. The molecule has 3 N–H and O–H groups in total. The van der Waals surface area contributed by atoms with E-state index in [1.165, 1.54) is 23.7 Å². The van der Waals surface area contributed by atoms with Gasteiger partial charge in [0.2, 0.25) is 0 Å². The summed E-state index contributed by atoms with van der Waals surface area (Å²) in [7, 11) is -1.75. The van der Waals surface area contributed by atoms with Gasteiger partial charge in [0.15, 0.2) is 0 Å². The third-order valence-corrected chi connectivity index (χ3v) is 4.60. The molecule has 2 heterocycles. The number of aromatic amines is 1. The molecule has 0 aliphatic rings. The number of sulfonamides is 1. The maximum Gasteiger partial charge on any atom is 0.263 e. The van der Waals surface area contributed by atoms with Gasteiger partial charge in [-0.3, -0.25) is 9.82 Å². The van der Waals surface area contributed by atoms with Gasteiger partial charge in [-0.2, -0.15) is 5.10 Å². The fourth-order valence-electron chi connectivity index (χ4n) is 1.37. The first-order valence-corrected chi connectivity index (χ1v) is 7.22. The Morgan fingerprint density at radius 3 is 3.00 bits per heavy atom. The molecule has 0 bridgehead atoms. The van der Waals surface area contributed by atoms with E-state index in [2.05, 4.69) is 20.2 Å². The number of nitrogens with zero attached hydrogens (tertiary/aromatic N) is 1. The van der Waals surface area contributed by atoms with Gasteiger partial charge in [-0.15, -0.1) is 11.3 Å². The molecular formula is C9H12N4O2S2. The van der Waals surface area contributed by atoms with Crippen LogP contribution in [0.15, 0.2) is 28.7 Å². The van der Waals surface area contributed by atoms with E-state index in [1.807, 2.05) is 0 Å². The zero-order chi connectivity index (χ0) is 12.3. The summed E-state index contributed by atoms with van der Waals surface area (Å²) in [5.74, 6) is 0. The minimum Gasteiger partial charge on any atom is -0.315 e. The molecule has 0 aliphatic carbocycles. The molecule has 2 aromatic heterocycles. The van der Waals surface area contributed by atoms with Crippen molar-refractivity contribution in [2.45, 2.75) is 11.4 Å². The molecule has 0 aromatic carbocycles. The van der Waals surface area contributed by atoms with Gasteiger partial charge in [-0.25, -0.2) is 8.42 Å². The van der Waals surface area contributed by atoms with E-state index in [-0.39, 0.29) is 0 Å². The van der Waals surface area contributed by atoms with Gasteiger partial charge in [0, 0.05) is 17.6 Å². The van der Waals surface area contributed by atoms with Gasteiger partial charge < -0.3 is 5.32 Å². The quantitative estimate of drug-likeness (QED) is 0.757. The number of hydrogen-bond acceptors (Lipinski definition) is 5. The van der Waals surface area contributed by atoms with E-state index in [0.717, 1.165) is 4.88 Å². The van der Waals surface area contributed by atoms with Crippen LogP contribution in [0.25, 0.3) is 0 Å². The Kier molecular flexibility index (Phi) is 3.46. The third kappa shape index (κ3) is 2.65. The van der Waals surface area contributed by atoms with Gasteiger partial charge >= 0.3 is 0 Å². The maximum absolute atomic E-state index is 12.1. The lowest BCUT2D eigenvalue weighted by atomic mass is 10.5. The molecule has 2 rings (SSSR count). The molecule has 0 saturated carbocycles. The largest absolute Gasteiger partial charge is 0.315 e. The van der Waals surface area contributed by atoms with Crippen LogP contribution in [0.1, 0.15) is 4.88 Å². The van der Waals surface area contributed by atoms with Crippen molar-refractivity contribution in [1.29, 1.82) is 0 Å². The molecule has 0 spiro atoms. The highest BCUT2D eigenvalue weighted by molar-refractivity contribution is 7.93. The van der Waals surface area contributed by atoms with Crippen LogP contribution in [0.4, 0.5) is 5.69 Å². The molecule has 0 unspecified atom stereocenters. The average molecular weight is 272 g/mol. The SMILES string of the molecule is CNCc1sccc1S(=O)(=O)Nc1cn[nH]c1. The molecule has 0 fully saturated rings. The summed E-state index contributed by atoms with van der Waals surface area (Å²) in [6.45, 7) is 0.527. The van der Waals surface area contributed by atoms with Crippen LogP contribution in [0.5, 0.6) is 0 Å². The zero-order valence-electron chi connectivity index (χ0n) is 9.10. The Balaban J connectivity index is 2.28. The summed E-state index contributed by atoms with van der Waals surface area (Å²) in [6, 6.07) is 1.60. The maximum atomic E-state index is 12.1. The number of nitrogens with one attached hydrogen (secondary N) is 3. The van der Waals surface area contributed by atoms with Crippen molar-refractivity contribution in [2.24, 2.45) is 0 Å². The average Bonchev–Trinajstić information content (AvgIpc) is 2.88. The van der Waals surface area contributed by atoms with Gasteiger partial charge in [0.25, 0.3) is 10.0 Å². The Bertz CT molecular complexity index is 574. The fraction of sp³-hybridized carbons (Fsp3) is 0.222. The second-order valence-corrected chi connectivity index (χ2v) is 5.98. The Labute approximate surface area is 103 Å². The minimum atomic E-state index is -3.53. The van der Waals surface area contributed by atoms with E-state index in [4.69, 9.17) is 0 Å². The highest BCUT2D eigenvalue weighted by atomic mass is 32.2. The number of aromatic nitrogens is 2. The molecule has 0 amide bonds. The second-order valence-electron chi connectivity index (χ2n) is 3.33. The molecule has 0 radical (unpaired) electrons. The van der Waals surface area contributed by atoms with Gasteiger partial charge in [0.05, 0.1) is 11.9 Å². The summed E-state index contributed by atoms with van der Waals surface area (Å²) in [5, 5.41) is 10.9. The van der Waals surface area contributed by atoms with Crippen molar-refractivity contribution in [1.82, 2.24) is 15.5 Å². The highest BCUT2D eigenvalue weighted by Gasteiger charge is 2.19. The van der Waals surface area contributed by atoms with Crippen LogP contribution < -0.4 is 10.0 Å². The van der Waals surface area contributed by atoms with E-state index in [1.54, 1.807) is 18.5 Å². The Hall–Kier alpha value is -1.38. The monoisotopic (exact) mass is 272 g/mol. The van der Waals surface area contributed by atoms with Gasteiger partial charge in [0.1, 0.15) is 4.90 Å². The normalized spacial score (nSPS) is 11.6. The summed E-state index contributed by atoms with van der Waals surface area (Å²) < 4.78 is 26.6. The number of rotatable bonds is 5. The van der Waals surface area contributed by atoms with Crippen LogP contribution in [-0.4, -0.2) is 25.7 Å². The lowest BCUT2D eigenvalue weighted by Crippen LogP contribution is -2.15. The summed E-state index contributed by atoms with van der Waals surface area (Å²) in [5.41, 5.74) is 0.423. The molecular weight excluding hydrogens is 260 g/mol. The molecule has 8 heteroatoms. The first kappa shape index (κ1) is 12.1. The van der Waals surface area contributed by atoms with Crippen LogP contribution in [0.3, 0.4) is 0 Å². The predicted octanol–water partition coefficient (Wildman–Crippen LogP) is 0.991. The molecule has 6 nitrogen and oxygen atoms in total. The third-order valence-electron chi connectivity index (χ3n) is 2.08. The highest BCUT2D eigenvalue weighted by Crippen LogP contribution is 2.23. The summed E-state index contributed by atoms with van der Waals surface area (Å²) >= 11 is 1.41.